The van der Waals surface area contributed by atoms with Gasteiger partial charge in [0.2, 0.25) is 5.78 Å². The van der Waals surface area contributed by atoms with Gasteiger partial charge in [-0.1, -0.05) is 18.2 Å². The monoisotopic (exact) mass is 427 g/mol. The lowest BCUT2D eigenvalue weighted by molar-refractivity contribution is -0.135. The van der Waals surface area contributed by atoms with Crippen molar-refractivity contribution in [2.75, 3.05) is 0 Å². The van der Waals surface area contributed by atoms with E-state index in [0.29, 0.717) is 40.7 Å². The molecule has 1 aromatic heterocycles. The Kier molecular flexibility index (Phi) is 4.98. The molecule has 2 aliphatic rings. The molecule has 0 N–H and O–H groups in total. The molecule has 160 valence electrons. The lowest BCUT2D eigenvalue weighted by Gasteiger charge is -2.26. The van der Waals surface area contributed by atoms with Gasteiger partial charge in [-0.25, -0.2) is 0 Å². The number of carbonyl (C=O) groups is 2. The fraction of sp³-hybridized carbons (Fsp3) is 0.192. The van der Waals surface area contributed by atoms with E-state index in [1.807, 2.05) is 56.3 Å². The Morgan fingerprint density at radius 3 is 2.72 bits per heavy atom. The number of fused-ring (bicyclic) bond motifs is 3. The minimum absolute atomic E-state index is 0.147. The number of allylic oxidation sites excluding steroid dienone is 2. The van der Waals surface area contributed by atoms with Crippen molar-refractivity contribution in [3.63, 3.8) is 0 Å². The maximum absolute atomic E-state index is 12.8. The van der Waals surface area contributed by atoms with Gasteiger partial charge in [0.05, 0.1) is 17.7 Å². The molecular weight excluding hydrogens is 406 g/mol. The number of esters is 1. The average molecular weight is 427 g/mol. The number of hydrogen-bond acceptors (Lipinski definition) is 6. The highest BCUT2D eigenvalue weighted by molar-refractivity contribution is 6.13. The molecule has 0 saturated heterocycles. The van der Waals surface area contributed by atoms with Crippen LogP contribution in [0.5, 0.6) is 17.2 Å². The van der Waals surface area contributed by atoms with Crippen molar-refractivity contribution in [1.82, 2.24) is 4.98 Å². The van der Waals surface area contributed by atoms with Crippen molar-refractivity contribution < 1.29 is 23.8 Å². The first kappa shape index (κ1) is 20.0. The summed E-state index contributed by atoms with van der Waals surface area (Å²) in [7, 11) is 0. The molecule has 0 radical (unpaired) electrons. The number of rotatable bonds is 4. The third kappa shape index (κ3) is 3.54. The highest BCUT2D eigenvalue weighted by atomic mass is 16.5. The van der Waals surface area contributed by atoms with Crippen LogP contribution in [0.25, 0.3) is 0 Å². The van der Waals surface area contributed by atoms with Gasteiger partial charge in [-0.2, -0.15) is 0 Å². The molecule has 0 fully saturated rings. The van der Waals surface area contributed by atoms with E-state index in [0.717, 1.165) is 16.8 Å². The number of Topliss-reactive ketones (excluding diaryl/α,β-unsaturated/α-hetero) is 1. The van der Waals surface area contributed by atoms with Gasteiger partial charge in [0.1, 0.15) is 23.9 Å². The minimum Gasteiger partial charge on any atom is -0.487 e. The van der Waals surface area contributed by atoms with Gasteiger partial charge in [-0.15, -0.1) is 0 Å². The van der Waals surface area contributed by atoms with E-state index in [1.54, 1.807) is 18.3 Å². The summed E-state index contributed by atoms with van der Waals surface area (Å²) >= 11 is 0. The van der Waals surface area contributed by atoms with Crippen LogP contribution in [0, 0.1) is 0 Å². The summed E-state index contributed by atoms with van der Waals surface area (Å²) in [4.78, 5) is 29.4. The predicted octanol–water partition coefficient (Wildman–Crippen LogP) is 4.97. The summed E-state index contributed by atoms with van der Waals surface area (Å²) in [6.07, 6.45) is 1.87. The van der Waals surface area contributed by atoms with Gasteiger partial charge in [-0.05, 0) is 61.4 Å². The van der Waals surface area contributed by atoms with E-state index in [-0.39, 0.29) is 24.1 Å². The molecule has 32 heavy (non-hydrogen) atoms. The number of nitrogens with zero attached hydrogens (tertiary/aromatic N) is 1. The molecule has 2 aliphatic heterocycles. The van der Waals surface area contributed by atoms with E-state index in [4.69, 9.17) is 14.2 Å². The number of pyridine rings is 1. The van der Waals surface area contributed by atoms with Crippen LogP contribution < -0.4 is 14.2 Å². The van der Waals surface area contributed by atoms with Gasteiger partial charge >= 0.3 is 5.97 Å². The van der Waals surface area contributed by atoms with Crippen molar-refractivity contribution >= 4 is 11.8 Å². The van der Waals surface area contributed by atoms with Crippen LogP contribution in [0.2, 0.25) is 0 Å². The minimum atomic E-state index is -0.325. The summed E-state index contributed by atoms with van der Waals surface area (Å²) in [6, 6.07) is 16.6. The number of benzene rings is 2. The largest absolute Gasteiger partial charge is 0.487 e. The fourth-order valence-electron chi connectivity index (χ4n) is 4.07. The van der Waals surface area contributed by atoms with E-state index >= 15 is 0 Å². The van der Waals surface area contributed by atoms with Crippen molar-refractivity contribution in [2.24, 2.45) is 0 Å². The van der Waals surface area contributed by atoms with E-state index in [1.165, 1.54) is 0 Å². The lowest BCUT2D eigenvalue weighted by Crippen LogP contribution is -2.21. The van der Waals surface area contributed by atoms with Crippen molar-refractivity contribution in [3.8, 4) is 17.2 Å². The summed E-state index contributed by atoms with van der Waals surface area (Å²) in [6.45, 7) is 4.02. The molecule has 3 heterocycles. The Morgan fingerprint density at radius 1 is 1.06 bits per heavy atom. The molecule has 0 spiro atoms. The maximum atomic E-state index is 12.8. The van der Waals surface area contributed by atoms with Crippen LogP contribution in [0.1, 0.15) is 53.4 Å². The maximum Gasteiger partial charge on any atom is 0.312 e. The number of ketones is 1. The number of aromatic nitrogens is 1. The second-order valence-corrected chi connectivity index (χ2v) is 8.03. The Hall–Kier alpha value is -3.93. The van der Waals surface area contributed by atoms with Crippen LogP contribution in [0.3, 0.4) is 0 Å². The summed E-state index contributed by atoms with van der Waals surface area (Å²) in [5.41, 5.74) is 3.72. The smallest absolute Gasteiger partial charge is 0.312 e. The highest BCUT2D eigenvalue weighted by Crippen LogP contribution is 2.49. The van der Waals surface area contributed by atoms with Gasteiger partial charge in [0.15, 0.2) is 5.76 Å². The van der Waals surface area contributed by atoms with Crippen molar-refractivity contribution in [3.05, 3.63) is 94.5 Å². The Bertz CT molecular complexity index is 1260. The quantitative estimate of drug-likeness (QED) is 0.332. The van der Waals surface area contributed by atoms with Gasteiger partial charge in [0.25, 0.3) is 0 Å². The van der Waals surface area contributed by atoms with Crippen LogP contribution in [-0.2, 0) is 11.4 Å². The standard InChI is InChI=1S/C26H21NO5/c1-15(2)25-24(29)19-9-10-21-23(26(19)32-25)20(13-22(28)31-21)16-6-5-8-18(12-16)30-14-17-7-3-4-11-27-17/h3-12,20H,13-14H2,1-2H3/t20-/m0/s1. The van der Waals surface area contributed by atoms with Crippen LogP contribution >= 0.6 is 0 Å². The molecule has 1 atom stereocenters. The SMILES string of the molecule is CC(C)=C1Oc2c(ccc3c2[C@H](c2cccc(OCc4ccccn4)c2)CC(=O)O3)C1=O. The van der Waals surface area contributed by atoms with Gasteiger partial charge in [0, 0.05) is 17.7 Å². The Balaban J connectivity index is 1.52. The third-order valence-electron chi connectivity index (χ3n) is 5.58. The van der Waals surface area contributed by atoms with Crippen LogP contribution in [0.15, 0.2) is 72.1 Å². The molecular formula is C26H21NO5. The second-order valence-electron chi connectivity index (χ2n) is 8.03. The molecule has 6 heteroatoms. The van der Waals surface area contributed by atoms with Gasteiger partial charge < -0.3 is 14.2 Å². The zero-order valence-corrected chi connectivity index (χ0v) is 17.8. The van der Waals surface area contributed by atoms with E-state index in [2.05, 4.69) is 4.98 Å². The summed E-state index contributed by atoms with van der Waals surface area (Å²) in [5, 5.41) is 0. The molecule has 5 rings (SSSR count). The zero-order chi connectivity index (χ0) is 22.2. The first-order valence-corrected chi connectivity index (χ1v) is 10.4. The van der Waals surface area contributed by atoms with Crippen molar-refractivity contribution in [2.45, 2.75) is 32.8 Å². The third-order valence-corrected chi connectivity index (χ3v) is 5.58. The summed E-state index contributed by atoms with van der Waals surface area (Å²) < 4.78 is 17.4. The fourth-order valence-corrected chi connectivity index (χ4v) is 4.07. The Morgan fingerprint density at radius 2 is 1.94 bits per heavy atom. The first-order chi connectivity index (χ1) is 15.5. The van der Waals surface area contributed by atoms with E-state index in [9.17, 15) is 9.59 Å². The summed E-state index contributed by atoms with van der Waals surface area (Å²) in [5.74, 6) is 1.11. The molecule has 0 unspecified atom stereocenters. The molecule has 2 aromatic carbocycles. The molecule has 0 aliphatic carbocycles. The normalized spacial score (nSPS) is 16.7. The highest BCUT2D eigenvalue weighted by Gasteiger charge is 2.38. The number of ether oxygens (including phenoxy) is 3. The molecule has 3 aromatic rings. The first-order valence-electron chi connectivity index (χ1n) is 10.4. The average Bonchev–Trinajstić information content (AvgIpc) is 3.15. The second kappa shape index (κ2) is 7.96. The molecule has 6 nitrogen and oxygen atoms in total. The topological polar surface area (TPSA) is 74.7 Å². The Labute approximate surface area is 185 Å². The van der Waals surface area contributed by atoms with Crippen molar-refractivity contribution in [1.29, 1.82) is 0 Å². The molecule has 0 amide bonds. The lowest BCUT2D eigenvalue weighted by atomic mass is 9.84. The van der Waals surface area contributed by atoms with Crippen LogP contribution in [-0.4, -0.2) is 16.7 Å². The van der Waals surface area contributed by atoms with E-state index < -0.39 is 0 Å². The van der Waals surface area contributed by atoms with Gasteiger partial charge in [-0.3, -0.25) is 14.6 Å². The molecule has 0 bridgehead atoms. The number of hydrogen-bond donors (Lipinski definition) is 0. The molecule has 0 saturated carbocycles. The number of carbonyl (C=O) groups excluding carboxylic acids is 2. The predicted molar refractivity (Wildman–Crippen MR) is 117 cm³/mol. The van der Waals surface area contributed by atoms with Crippen LogP contribution in [0.4, 0.5) is 0 Å². The zero-order valence-electron chi connectivity index (χ0n) is 17.8.